The lowest BCUT2D eigenvalue weighted by molar-refractivity contribution is -0.121. The maximum absolute atomic E-state index is 12.3. The van der Waals surface area contributed by atoms with Crippen LogP contribution in [0.15, 0.2) is 64.5 Å². The first kappa shape index (κ1) is 16.0. The number of carbonyl (C=O) groups excluding carboxylic acids is 1. The van der Waals surface area contributed by atoms with E-state index in [2.05, 4.69) is 4.99 Å². The number of aromatic carboxylic acids is 1. The Kier molecular flexibility index (Phi) is 4.48. The minimum atomic E-state index is -0.982. The van der Waals surface area contributed by atoms with Crippen molar-refractivity contribution in [1.82, 2.24) is 4.90 Å². The second kappa shape index (κ2) is 6.72. The number of amidine groups is 1. The molecule has 0 aliphatic carbocycles. The highest BCUT2D eigenvalue weighted by Crippen LogP contribution is 2.33. The molecule has 1 heterocycles. The Bertz CT molecular complexity index is 842. The van der Waals surface area contributed by atoms with E-state index in [1.165, 1.54) is 28.8 Å². The lowest BCUT2D eigenvalue weighted by atomic mass is 10.2. The molecule has 0 aromatic heterocycles. The number of carboxylic acids is 1. The molecule has 1 aliphatic rings. The van der Waals surface area contributed by atoms with Crippen LogP contribution in [0.3, 0.4) is 0 Å². The van der Waals surface area contributed by atoms with Gasteiger partial charge in [-0.2, -0.15) is 0 Å². The Hall–Kier alpha value is -2.86. The van der Waals surface area contributed by atoms with E-state index in [0.29, 0.717) is 15.8 Å². The second-order valence-corrected chi connectivity index (χ2v) is 6.14. The van der Waals surface area contributed by atoms with Gasteiger partial charge >= 0.3 is 5.97 Å². The smallest absolute Gasteiger partial charge is 0.335 e. The standard InChI is InChI=1S/C18H14N2O3S/c1-20-16(21)15(11-12-5-3-2-4-6-12)24-18(20)19-14-9-7-13(8-10-14)17(22)23/h2-11H,1H3,(H,22,23). The van der Waals surface area contributed by atoms with Gasteiger partial charge in [0, 0.05) is 7.05 Å². The van der Waals surface area contributed by atoms with Crippen LogP contribution in [-0.4, -0.2) is 34.1 Å². The molecule has 0 saturated carbocycles. The number of likely N-dealkylation sites (N-methyl/N-ethyl adjacent to an activating group) is 1. The zero-order chi connectivity index (χ0) is 17.1. The molecule has 1 amide bonds. The molecule has 1 saturated heterocycles. The van der Waals surface area contributed by atoms with Crippen LogP contribution in [0.1, 0.15) is 15.9 Å². The molecule has 1 N–H and O–H groups in total. The van der Waals surface area contributed by atoms with Crippen LogP contribution in [0.4, 0.5) is 5.69 Å². The van der Waals surface area contributed by atoms with Gasteiger partial charge in [-0.25, -0.2) is 9.79 Å². The van der Waals surface area contributed by atoms with E-state index in [-0.39, 0.29) is 11.5 Å². The highest BCUT2D eigenvalue weighted by atomic mass is 32.2. The molecule has 120 valence electrons. The third kappa shape index (κ3) is 3.38. The summed E-state index contributed by atoms with van der Waals surface area (Å²) in [5.74, 6) is -1.09. The highest BCUT2D eigenvalue weighted by molar-refractivity contribution is 8.18. The van der Waals surface area contributed by atoms with Crippen molar-refractivity contribution in [2.45, 2.75) is 0 Å². The Labute approximate surface area is 143 Å². The van der Waals surface area contributed by atoms with Crippen LogP contribution in [0.5, 0.6) is 0 Å². The molecule has 1 fully saturated rings. The van der Waals surface area contributed by atoms with Gasteiger partial charge in [0.15, 0.2) is 5.17 Å². The van der Waals surface area contributed by atoms with Crippen LogP contribution in [0, 0.1) is 0 Å². The molecule has 1 aliphatic heterocycles. The predicted octanol–water partition coefficient (Wildman–Crippen LogP) is 3.62. The average Bonchev–Trinajstić information content (AvgIpc) is 2.84. The summed E-state index contributed by atoms with van der Waals surface area (Å²) in [6, 6.07) is 15.8. The first-order valence-electron chi connectivity index (χ1n) is 7.19. The Morgan fingerprint density at radius 3 is 2.42 bits per heavy atom. The lowest BCUT2D eigenvalue weighted by Crippen LogP contribution is -2.23. The summed E-state index contributed by atoms with van der Waals surface area (Å²) < 4.78 is 0. The molecule has 0 unspecified atom stereocenters. The minimum Gasteiger partial charge on any atom is -0.478 e. The second-order valence-electron chi connectivity index (χ2n) is 5.13. The van der Waals surface area contributed by atoms with E-state index < -0.39 is 5.97 Å². The largest absolute Gasteiger partial charge is 0.478 e. The normalized spacial score (nSPS) is 17.7. The highest BCUT2D eigenvalue weighted by Gasteiger charge is 2.30. The number of amides is 1. The number of hydrogen-bond acceptors (Lipinski definition) is 4. The van der Waals surface area contributed by atoms with Crippen molar-refractivity contribution in [3.05, 3.63) is 70.6 Å². The van der Waals surface area contributed by atoms with Gasteiger partial charge in [0.1, 0.15) is 0 Å². The molecule has 24 heavy (non-hydrogen) atoms. The Balaban J connectivity index is 1.86. The molecule has 3 rings (SSSR count). The summed E-state index contributed by atoms with van der Waals surface area (Å²) in [5, 5.41) is 9.47. The van der Waals surface area contributed by atoms with E-state index in [9.17, 15) is 9.59 Å². The van der Waals surface area contributed by atoms with Gasteiger partial charge < -0.3 is 5.11 Å². The van der Waals surface area contributed by atoms with Gasteiger partial charge in [0.25, 0.3) is 5.91 Å². The number of rotatable bonds is 3. The fraction of sp³-hybridized carbons (Fsp3) is 0.0556. The van der Waals surface area contributed by atoms with E-state index in [0.717, 1.165) is 5.56 Å². The van der Waals surface area contributed by atoms with Gasteiger partial charge in [-0.05, 0) is 47.7 Å². The van der Waals surface area contributed by atoms with Gasteiger partial charge in [0.05, 0.1) is 16.2 Å². The summed E-state index contributed by atoms with van der Waals surface area (Å²) in [4.78, 5) is 29.7. The van der Waals surface area contributed by atoms with Gasteiger partial charge in [-0.15, -0.1) is 0 Å². The number of aliphatic imine (C=N–C) groups is 1. The maximum atomic E-state index is 12.3. The predicted molar refractivity (Wildman–Crippen MR) is 95.3 cm³/mol. The summed E-state index contributed by atoms with van der Waals surface area (Å²) in [6.07, 6.45) is 1.83. The zero-order valence-electron chi connectivity index (χ0n) is 12.8. The Morgan fingerprint density at radius 1 is 1.12 bits per heavy atom. The molecule has 5 nitrogen and oxygen atoms in total. The molecule has 0 spiro atoms. The van der Waals surface area contributed by atoms with E-state index in [1.54, 1.807) is 19.2 Å². The number of benzene rings is 2. The number of thioether (sulfide) groups is 1. The third-order valence-electron chi connectivity index (χ3n) is 3.44. The fourth-order valence-corrected chi connectivity index (χ4v) is 3.13. The van der Waals surface area contributed by atoms with Crippen molar-refractivity contribution in [2.75, 3.05) is 7.05 Å². The zero-order valence-corrected chi connectivity index (χ0v) is 13.7. The van der Waals surface area contributed by atoms with Crippen LogP contribution < -0.4 is 0 Å². The van der Waals surface area contributed by atoms with Crippen molar-refractivity contribution in [3.8, 4) is 0 Å². The first-order valence-corrected chi connectivity index (χ1v) is 8.01. The van der Waals surface area contributed by atoms with Crippen molar-refractivity contribution in [3.63, 3.8) is 0 Å². The van der Waals surface area contributed by atoms with Crippen molar-refractivity contribution in [1.29, 1.82) is 0 Å². The van der Waals surface area contributed by atoms with Crippen LogP contribution in [0.2, 0.25) is 0 Å². The summed E-state index contributed by atoms with van der Waals surface area (Å²) in [6.45, 7) is 0. The molecule has 6 heteroatoms. The quantitative estimate of drug-likeness (QED) is 0.868. The number of carbonyl (C=O) groups is 2. The number of carboxylic acid groups (broad SMARTS) is 1. The summed E-state index contributed by atoms with van der Waals surface area (Å²) in [5.41, 5.74) is 1.75. The third-order valence-corrected chi connectivity index (χ3v) is 4.50. The summed E-state index contributed by atoms with van der Waals surface area (Å²) >= 11 is 1.30. The van der Waals surface area contributed by atoms with E-state index in [4.69, 9.17) is 5.11 Å². The lowest BCUT2D eigenvalue weighted by Gasteiger charge is -2.07. The molecule has 2 aromatic rings. The molecule has 0 atom stereocenters. The van der Waals surface area contributed by atoms with Crippen molar-refractivity contribution >= 4 is 40.6 Å². The minimum absolute atomic E-state index is 0.107. The molecule has 0 bridgehead atoms. The summed E-state index contributed by atoms with van der Waals surface area (Å²) in [7, 11) is 1.67. The number of hydrogen-bond donors (Lipinski definition) is 1. The van der Waals surface area contributed by atoms with Crippen LogP contribution >= 0.6 is 11.8 Å². The van der Waals surface area contributed by atoms with Crippen LogP contribution in [0.25, 0.3) is 6.08 Å². The monoisotopic (exact) mass is 338 g/mol. The molecular formula is C18H14N2O3S. The van der Waals surface area contributed by atoms with Crippen molar-refractivity contribution in [2.24, 2.45) is 4.99 Å². The SMILES string of the molecule is CN1C(=O)C(=Cc2ccccc2)SC1=Nc1ccc(C(=O)O)cc1. The fourth-order valence-electron chi connectivity index (χ4n) is 2.14. The molecule has 2 aromatic carbocycles. The topological polar surface area (TPSA) is 70.0 Å². The van der Waals surface area contributed by atoms with Gasteiger partial charge in [0.2, 0.25) is 0 Å². The first-order chi connectivity index (χ1) is 11.5. The maximum Gasteiger partial charge on any atom is 0.335 e. The van der Waals surface area contributed by atoms with Crippen LogP contribution in [-0.2, 0) is 4.79 Å². The Morgan fingerprint density at radius 2 is 1.79 bits per heavy atom. The van der Waals surface area contributed by atoms with Crippen molar-refractivity contribution < 1.29 is 14.7 Å². The average molecular weight is 338 g/mol. The van der Waals surface area contributed by atoms with E-state index in [1.807, 2.05) is 36.4 Å². The molecule has 0 radical (unpaired) electrons. The molecular weight excluding hydrogens is 324 g/mol. The number of nitrogens with zero attached hydrogens (tertiary/aromatic N) is 2. The van der Waals surface area contributed by atoms with Gasteiger partial charge in [-0.1, -0.05) is 30.3 Å². The van der Waals surface area contributed by atoms with E-state index >= 15 is 0 Å². The van der Waals surface area contributed by atoms with Gasteiger partial charge in [-0.3, -0.25) is 9.69 Å².